The highest BCUT2D eigenvalue weighted by molar-refractivity contribution is 7.13. The number of nitrogen functional groups attached to an aromatic ring is 1. The molecule has 1 heterocycles. The summed E-state index contributed by atoms with van der Waals surface area (Å²) in [5.74, 6) is 0. The molecule has 0 aromatic carbocycles. The number of hydrogen-bond acceptors (Lipinski definition) is 3. The van der Waals surface area contributed by atoms with Crippen LogP contribution in [0.1, 0.15) is 28.5 Å². The van der Waals surface area contributed by atoms with Crippen LogP contribution in [0.2, 0.25) is 0 Å². The molecule has 0 aliphatic carbocycles. The van der Waals surface area contributed by atoms with Crippen LogP contribution in [0.25, 0.3) is 0 Å². The lowest BCUT2D eigenvalue weighted by atomic mass is 10.3. The first-order valence-electron chi connectivity index (χ1n) is 5.71. The van der Waals surface area contributed by atoms with Crippen molar-refractivity contribution in [2.45, 2.75) is 19.6 Å². The zero-order valence-electron chi connectivity index (χ0n) is 11.5. The summed E-state index contributed by atoms with van der Waals surface area (Å²) in [6.07, 6.45) is -5.74. The van der Waals surface area contributed by atoms with E-state index in [0.717, 1.165) is 11.3 Å². The second-order valence-corrected chi connectivity index (χ2v) is 2.21. The highest BCUT2D eigenvalue weighted by Gasteiger charge is 1.94. The van der Waals surface area contributed by atoms with E-state index in [9.17, 15) is 0 Å². The first-order chi connectivity index (χ1) is 7.00. The van der Waals surface area contributed by atoms with Gasteiger partial charge in [-0.05, 0) is 6.37 Å². The maximum Gasteiger partial charge on any atom is 0.180 e. The molecule has 3 heteroatoms. The van der Waals surface area contributed by atoms with Crippen molar-refractivity contribution in [2.24, 2.45) is 0 Å². The average molecular weight is 149 g/mol. The Morgan fingerprint density at radius 1 is 2.11 bits per heavy atom. The summed E-state index contributed by atoms with van der Waals surface area (Å²) < 4.78 is 50.9. The Kier molecular flexibility index (Phi) is 0.613. The third-order valence-corrected chi connectivity index (χ3v) is 1.39. The smallest absolute Gasteiger partial charge is 0.180 e. The highest BCUT2D eigenvalue weighted by atomic mass is 32.1. The normalized spacial score (nSPS) is 26.0. The molecule has 0 spiro atoms. The first-order valence-corrected chi connectivity index (χ1v) is 3.09. The predicted octanol–water partition coefficient (Wildman–Crippen LogP) is 1.68. The molecule has 2 N–H and O–H groups in total. The minimum absolute atomic E-state index is 0.0696. The van der Waals surface area contributed by atoms with Gasteiger partial charge in [0.25, 0.3) is 0 Å². The molecule has 0 unspecified atom stereocenters. The third kappa shape index (κ3) is 1.68. The number of nitrogens with two attached hydrogens (primary N) is 1. The highest BCUT2D eigenvalue weighted by Crippen LogP contribution is 2.11. The molecule has 0 bridgehead atoms. The van der Waals surface area contributed by atoms with E-state index >= 15 is 0 Å². The van der Waals surface area contributed by atoms with Crippen LogP contribution in [-0.2, 0) is 6.37 Å². The minimum Gasteiger partial charge on any atom is -0.375 e. The molecule has 1 aromatic rings. The number of aryl methyl sites for hydroxylation is 1. The van der Waals surface area contributed by atoms with Gasteiger partial charge in [0.2, 0.25) is 0 Å². The van der Waals surface area contributed by atoms with E-state index in [0.29, 0.717) is 0 Å². The van der Waals surface area contributed by atoms with Crippen molar-refractivity contribution in [1.82, 2.24) is 4.98 Å². The molecule has 0 saturated heterocycles. The van der Waals surface area contributed by atoms with Crippen molar-refractivity contribution >= 4 is 16.5 Å². The van der Waals surface area contributed by atoms with Crippen molar-refractivity contribution in [1.29, 1.82) is 0 Å². The van der Waals surface area contributed by atoms with Gasteiger partial charge in [0, 0.05) is 15.0 Å². The summed E-state index contributed by atoms with van der Waals surface area (Å²) in [6.45, 7) is -3.07. The summed E-state index contributed by atoms with van der Waals surface area (Å²) in [4.78, 5) is 3.59. The van der Waals surface area contributed by atoms with Gasteiger partial charge >= 0.3 is 0 Å². The topological polar surface area (TPSA) is 38.9 Å². The van der Waals surface area contributed by atoms with Gasteiger partial charge < -0.3 is 5.73 Å². The molecule has 0 amide bonds. The molecular formula is C6H10N2S. The molecule has 0 fully saturated rings. The van der Waals surface area contributed by atoms with E-state index in [1.54, 1.807) is 0 Å². The molecule has 0 saturated carbocycles. The van der Waals surface area contributed by atoms with Crippen molar-refractivity contribution < 1.29 is 9.60 Å². The molecule has 9 heavy (non-hydrogen) atoms. The molecule has 0 atom stereocenters. The standard InChI is InChI=1S/C6H10N2S/c1-2-3-5-4-9-6(7)8-5/h4H,2-3H2,1H3,(H2,7,8)/i1D3,2D2,3D2. The van der Waals surface area contributed by atoms with E-state index in [1.807, 2.05) is 0 Å². The summed E-state index contributed by atoms with van der Waals surface area (Å²) >= 11 is 0.934. The first kappa shape index (κ1) is 1.95. The Bertz CT molecular complexity index is 382. The Labute approximate surface area is 68.6 Å². The molecule has 1 rings (SSSR count). The Morgan fingerprint density at radius 3 is 3.56 bits per heavy atom. The van der Waals surface area contributed by atoms with E-state index in [2.05, 4.69) is 4.98 Å². The van der Waals surface area contributed by atoms with Crippen molar-refractivity contribution in [3.63, 3.8) is 0 Å². The second kappa shape index (κ2) is 2.82. The fourth-order valence-corrected chi connectivity index (χ4v) is 0.904. The van der Waals surface area contributed by atoms with Gasteiger partial charge in [-0.3, -0.25) is 0 Å². The molecule has 50 valence electrons. The number of anilines is 1. The van der Waals surface area contributed by atoms with Crippen LogP contribution >= 0.6 is 11.3 Å². The zero-order chi connectivity index (χ0) is 12.8. The second-order valence-electron chi connectivity index (χ2n) is 1.32. The van der Waals surface area contributed by atoms with Crippen LogP contribution in [-0.4, -0.2) is 4.98 Å². The maximum absolute atomic E-state index is 7.56. The molecule has 0 aliphatic heterocycles. The Morgan fingerprint density at radius 2 is 3.00 bits per heavy atom. The van der Waals surface area contributed by atoms with Crippen LogP contribution < -0.4 is 5.73 Å². The summed E-state index contributed by atoms with van der Waals surface area (Å²) in [7, 11) is 0. The fraction of sp³-hybridized carbons (Fsp3) is 0.500. The van der Waals surface area contributed by atoms with E-state index in [1.165, 1.54) is 5.38 Å². The maximum atomic E-state index is 7.56. The summed E-state index contributed by atoms with van der Waals surface area (Å²) in [6, 6.07) is 0. The van der Waals surface area contributed by atoms with Gasteiger partial charge in [-0.15, -0.1) is 11.3 Å². The van der Waals surface area contributed by atoms with E-state index < -0.39 is 19.6 Å². The van der Waals surface area contributed by atoms with Crippen molar-refractivity contribution in [3.05, 3.63) is 11.1 Å². The number of rotatable bonds is 2. The molecule has 2 nitrogen and oxygen atoms in total. The zero-order valence-corrected chi connectivity index (χ0v) is 5.33. The van der Waals surface area contributed by atoms with Crippen molar-refractivity contribution in [3.8, 4) is 0 Å². The van der Waals surface area contributed by atoms with Gasteiger partial charge in [-0.2, -0.15) is 0 Å². The van der Waals surface area contributed by atoms with Crippen LogP contribution in [0, 0.1) is 0 Å². The van der Waals surface area contributed by atoms with Crippen LogP contribution in [0.5, 0.6) is 0 Å². The minimum atomic E-state index is -3.07. The molecule has 0 radical (unpaired) electrons. The third-order valence-electron chi connectivity index (χ3n) is 0.713. The van der Waals surface area contributed by atoms with Gasteiger partial charge in [0.1, 0.15) is 0 Å². The average Bonchev–Trinajstić information content (AvgIpc) is 2.49. The lowest BCUT2D eigenvalue weighted by Gasteiger charge is -1.85. The monoisotopic (exact) mass is 149 g/mol. The Balaban J connectivity index is 3.21. The van der Waals surface area contributed by atoms with Gasteiger partial charge in [-0.1, -0.05) is 13.2 Å². The molecular weight excluding hydrogens is 132 g/mol. The van der Waals surface area contributed by atoms with Gasteiger partial charge in [0.15, 0.2) is 5.13 Å². The SMILES string of the molecule is [2H]C([2H])([2H])C([2H])([2H])C([2H])([2H])c1csc(N)n1. The largest absolute Gasteiger partial charge is 0.375 e. The van der Waals surface area contributed by atoms with E-state index in [-0.39, 0.29) is 10.8 Å². The predicted molar refractivity (Wildman–Crippen MR) is 40.5 cm³/mol. The van der Waals surface area contributed by atoms with Crippen LogP contribution in [0.3, 0.4) is 0 Å². The summed E-state index contributed by atoms with van der Waals surface area (Å²) in [5, 5.41) is 1.29. The molecule has 0 aliphatic rings. The fourth-order valence-electron chi connectivity index (χ4n) is 0.409. The van der Waals surface area contributed by atoms with Crippen LogP contribution in [0.4, 0.5) is 5.13 Å². The van der Waals surface area contributed by atoms with E-state index in [4.69, 9.17) is 15.3 Å². The van der Waals surface area contributed by atoms with Crippen LogP contribution in [0.15, 0.2) is 5.38 Å². The number of hydrogen-bond donors (Lipinski definition) is 1. The Hall–Kier alpha value is -0.570. The van der Waals surface area contributed by atoms with Crippen molar-refractivity contribution in [2.75, 3.05) is 5.73 Å². The quantitative estimate of drug-likeness (QED) is 0.694. The number of aromatic nitrogens is 1. The lowest BCUT2D eigenvalue weighted by molar-refractivity contribution is 0.894. The van der Waals surface area contributed by atoms with Gasteiger partial charge in [-0.25, -0.2) is 4.98 Å². The summed E-state index contributed by atoms with van der Waals surface area (Å²) in [5.41, 5.74) is 5.01. The van der Waals surface area contributed by atoms with Gasteiger partial charge in [0.05, 0.1) is 5.69 Å². The number of thiazole rings is 1. The number of nitrogens with zero attached hydrogens (tertiary/aromatic N) is 1. The lowest BCUT2D eigenvalue weighted by Crippen LogP contribution is -1.85. The molecule has 1 aromatic heterocycles.